The van der Waals surface area contributed by atoms with Crippen molar-refractivity contribution in [3.05, 3.63) is 29.8 Å². The Morgan fingerprint density at radius 1 is 0.926 bits per heavy atom. The Kier molecular flexibility index (Phi) is 4.47. The number of aryl methyl sites for hydroxylation is 1. The maximum atomic E-state index is 13.4. The molecule has 3 aliphatic rings. The molecule has 3 saturated heterocycles. The molecule has 3 aliphatic heterocycles. The van der Waals surface area contributed by atoms with E-state index in [1.807, 2.05) is 6.92 Å². The lowest BCUT2D eigenvalue weighted by molar-refractivity contribution is 0.160. The van der Waals surface area contributed by atoms with Crippen LogP contribution in [-0.2, 0) is 36.1 Å². The summed E-state index contributed by atoms with van der Waals surface area (Å²) >= 11 is 0. The molecule has 1 N–H and O–H groups in total. The van der Waals surface area contributed by atoms with E-state index < -0.39 is 53.9 Å². The molecule has 0 radical (unpaired) electrons. The molecular formula is C16H22N2O6S3. The summed E-state index contributed by atoms with van der Waals surface area (Å²) in [5.74, 6) is -0.941. The molecule has 0 unspecified atom stereocenters. The van der Waals surface area contributed by atoms with E-state index in [1.165, 1.54) is 16.4 Å². The summed E-state index contributed by atoms with van der Waals surface area (Å²) in [6, 6.07) is 3.70. The Morgan fingerprint density at radius 3 is 1.85 bits per heavy atom. The molecule has 8 nitrogen and oxygen atoms in total. The minimum absolute atomic E-state index is 0.0627. The summed E-state index contributed by atoms with van der Waals surface area (Å²) < 4.78 is 76.6. The Balaban J connectivity index is 1.80. The van der Waals surface area contributed by atoms with Crippen LogP contribution in [0.2, 0.25) is 0 Å². The first-order chi connectivity index (χ1) is 12.5. The minimum Gasteiger partial charge on any atom is -0.306 e. The van der Waals surface area contributed by atoms with Crippen LogP contribution in [0, 0.1) is 0 Å². The normalized spacial score (nSPS) is 34.9. The van der Waals surface area contributed by atoms with Crippen molar-refractivity contribution in [3.63, 3.8) is 0 Å². The zero-order valence-electron chi connectivity index (χ0n) is 14.8. The van der Waals surface area contributed by atoms with E-state index in [-0.39, 0.29) is 27.9 Å². The molecule has 0 aliphatic carbocycles. The largest absolute Gasteiger partial charge is 0.306 e. The number of nitrogens with one attached hydrogen (secondary N) is 1. The molecule has 4 atom stereocenters. The Labute approximate surface area is 159 Å². The lowest BCUT2D eigenvalue weighted by Crippen LogP contribution is -2.67. The number of sulfone groups is 2. The van der Waals surface area contributed by atoms with Crippen LogP contribution in [0.1, 0.15) is 12.5 Å². The number of rotatable bonds is 3. The molecule has 150 valence electrons. The van der Waals surface area contributed by atoms with Crippen LogP contribution in [-0.4, -0.2) is 76.7 Å². The van der Waals surface area contributed by atoms with E-state index in [9.17, 15) is 25.3 Å². The van der Waals surface area contributed by atoms with Gasteiger partial charge in [-0.05, 0) is 24.1 Å². The van der Waals surface area contributed by atoms with Crippen LogP contribution in [0.3, 0.4) is 0 Å². The van der Waals surface area contributed by atoms with Gasteiger partial charge < -0.3 is 5.32 Å². The smallest absolute Gasteiger partial charge is 0.243 e. The number of hydrogen-bond donors (Lipinski definition) is 1. The highest BCUT2D eigenvalue weighted by atomic mass is 32.2. The highest BCUT2D eigenvalue weighted by Gasteiger charge is 2.57. The molecule has 1 aromatic rings. The van der Waals surface area contributed by atoms with Gasteiger partial charge in [0.2, 0.25) is 10.0 Å². The van der Waals surface area contributed by atoms with Gasteiger partial charge >= 0.3 is 0 Å². The van der Waals surface area contributed by atoms with Crippen LogP contribution in [0.5, 0.6) is 0 Å². The number of sulfonamides is 1. The lowest BCUT2D eigenvalue weighted by atomic mass is 10.0. The number of nitrogens with zero attached hydrogens (tertiary/aromatic N) is 1. The van der Waals surface area contributed by atoms with Crippen molar-refractivity contribution in [2.24, 2.45) is 0 Å². The monoisotopic (exact) mass is 434 g/mol. The summed E-state index contributed by atoms with van der Waals surface area (Å²) in [5.41, 5.74) is 0.983. The average Bonchev–Trinajstić information content (AvgIpc) is 3.04. The van der Waals surface area contributed by atoms with Crippen LogP contribution < -0.4 is 5.32 Å². The first kappa shape index (κ1) is 19.3. The number of hydrogen-bond acceptors (Lipinski definition) is 7. The van der Waals surface area contributed by atoms with Gasteiger partial charge in [-0.2, -0.15) is 4.31 Å². The maximum absolute atomic E-state index is 13.4. The van der Waals surface area contributed by atoms with Gasteiger partial charge in [0.1, 0.15) is 0 Å². The Hall–Kier alpha value is -1.01. The zero-order valence-corrected chi connectivity index (χ0v) is 17.2. The van der Waals surface area contributed by atoms with Gasteiger partial charge in [0, 0.05) is 12.1 Å². The van der Waals surface area contributed by atoms with Crippen LogP contribution >= 0.6 is 0 Å². The minimum atomic E-state index is -4.03. The molecule has 0 spiro atoms. The van der Waals surface area contributed by atoms with Crippen molar-refractivity contribution >= 4 is 29.7 Å². The van der Waals surface area contributed by atoms with E-state index in [0.717, 1.165) is 12.0 Å². The van der Waals surface area contributed by atoms with Gasteiger partial charge in [-0.3, -0.25) is 0 Å². The first-order valence-corrected chi connectivity index (χ1v) is 13.9. The lowest BCUT2D eigenvalue weighted by Gasteiger charge is -2.43. The van der Waals surface area contributed by atoms with Crippen LogP contribution in [0.25, 0.3) is 0 Å². The average molecular weight is 435 g/mol. The van der Waals surface area contributed by atoms with Gasteiger partial charge in [-0.25, -0.2) is 25.3 Å². The molecule has 0 amide bonds. The van der Waals surface area contributed by atoms with Crippen molar-refractivity contribution in [2.45, 2.75) is 42.4 Å². The maximum Gasteiger partial charge on any atom is 0.243 e. The van der Waals surface area contributed by atoms with E-state index in [2.05, 4.69) is 5.32 Å². The van der Waals surface area contributed by atoms with Gasteiger partial charge in [0.15, 0.2) is 19.7 Å². The van der Waals surface area contributed by atoms with Gasteiger partial charge in [0.05, 0.1) is 40.0 Å². The number of fused-ring (bicyclic) bond motifs is 2. The molecule has 0 aromatic heterocycles. The standard InChI is InChI=1S/C16H22N2O6S3/c1-2-11-3-5-12(6-4-11)27(23,24)18-15-9-25(19,20)7-13(15)17-14-8-26(21,22)10-16(14)18/h3-6,13-17H,2,7-10H2,1H3/t13-,14-,15-,16+/m0/s1. The molecule has 0 saturated carbocycles. The quantitative estimate of drug-likeness (QED) is 0.660. The molecule has 27 heavy (non-hydrogen) atoms. The number of benzene rings is 1. The summed E-state index contributed by atoms with van der Waals surface area (Å²) in [5, 5.41) is 3.10. The third-order valence-corrected chi connectivity index (χ3v) is 11.0. The van der Waals surface area contributed by atoms with E-state index in [0.29, 0.717) is 0 Å². The number of piperazine rings is 1. The Bertz CT molecular complexity index is 1020. The Morgan fingerprint density at radius 2 is 1.41 bits per heavy atom. The second-order valence-corrected chi connectivity index (χ2v) is 13.7. The second kappa shape index (κ2) is 6.24. The van der Waals surface area contributed by atoms with E-state index >= 15 is 0 Å². The van der Waals surface area contributed by atoms with Crippen LogP contribution in [0.4, 0.5) is 0 Å². The third-order valence-electron chi connectivity index (χ3n) is 5.63. The van der Waals surface area contributed by atoms with Gasteiger partial charge in [-0.1, -0.05) is 19.1 Å². The molecule has 11 heteroatoms. The first-order valence-electron chi connectivity index (χ1n) is 8.82. The van der Waals surface area contributed by atoms with Gasteiger partial charge in [-0.15, -0.1) is 0 Å². The summed E-state index contributed by atoms with van der Waals surface area (Å²) in [4.78, 5) is 0.0627. The SMILES string of the molecule is CCc1ccc(S(=O)(=O)N2[C@@H]3CS(=O)(=O)C[C@@H]3N[C@H]3CS(=O)(=O)C[C@@H]32)cc1. The van der Waals surface area contributed by atoms with Crippen molar-refractivity contribution in [1.82, 2.24) is 9.62 Å². The fourth-order valence-corrected chi connectivity index (χ4v) is 10.3. The van der Waals surface area contributed by atoms with Gasteiger partial charge in [0.25, 0.3) is 0 Å². The van der Waals surface area contributed by atoms with Crippen molar-refractivity contribution < 1.29 is 25.3 Å². The summed E-state index contributed by atoms with van der Waals surface area (Å²) in [6.07, 6.45) is 0.764. The van der Waals surface area contributed by atoms with E-state index in [1.54, 1.807) is 12.1 Å². The van der Waals surface area contributed by atoms with E-state index in [4.69, 9.17) is 0 Å². The molecule has 3 heterocycles. The summed E-state index contributed by atoms with van der Waals surface area (Å²) in [6.45, 7) is 1.96. The summed E-state index contributed by atoms with van der Waals surface area (Å²) in [7, 11) is -10.8. The molecule has 0 bridgehead atoms. The fraction of sp³-hybridized carbons (Fsp3) is 0.625. The predicted molar refractivity (Wildman–Crippen MR) is 100 cm³/mol. The van der Waals surface area contributed by atoms with Crippen molar-refractivity contribution in [1.29, 1.82) is 0 Å². The zero-order chi connectivity index (χ0) is 19.6. The molecular weight excluding hydrogens is 412 g/mol. The third kappa shape index (κ3) is 3.33. The molecule has 1 aromatic carbocycles. The highest BCUT2D eigenvalue weighted by Crippen LogP contribution is 2.35. The second-order valence-electron chi connectivity index (χ2n) is 7.50. The fourth-order valence-electron chi connectivity index (χ4n) is 4.37. The highest BCUT2D eigenvalue weighted by molar-refractivity contribution is 7.92. The molecule has 3 fully saturated rings. The predicted octanol–water partition coefficient (Wildman–Crippen LogP) is -0.826. The topological polar surface area (TPSA) is 118 Å². The molecule has 4 rings (SSSR count). The van der Waals surface area contributed by atoms with Crippen molar-refractivity contribution in [3.8, 4) is 0 Å². The van der Waals surface area contributed by atoms with Crippen LogP contribution in [0.15, 0.2) is 29.2 Å². The van der Waals surface area contributed by atoms with Crippen molar-refractivity contribution in [2.75, 3.05) is 23.0 Å².